The van der Waals surface area contributed by atoms with Crippen molar-refractivity contribution in [2.24, 2.45) is 0 Å². The highest BCUT2D eigenvalue weighted by Gasteiger charge is 2.17. The summed E-state index contributed by atoms with van der Waals surface area (Å²) in [5, 5.41) is 0.844. The van der Waals surface area contributed by atoms with E-state index in [0.717, 1.165) is 10.9 Å². The number of nitrogens with two attached hydrogens (primary N) is 1. The Balaban J connectivity index is 1.99. The van der Waals surface area contributed by atoms with Crippen molar-refractivity contribution in [1.29, 1.82) is 0 Å². The molecule has 0 radical (unpaired) electrons. The van der Waals surface area contributed by atoms with Gasteiger partial charge >= 0.3 is 0 Å². The number of para-hydroxylation sites is 1. The average Bonchev–Trinajstić information content (AvgIpc) is 2.47. The van der Waals surface area contributed by atoms with E-state index in [9.17, 15) is 8.42 Å². The SMILES string of the molecule is Nc1ccncc1S(=O)(=O)Nc1cnc2ccccc2c1. The first kappa shape index (κ1) is 13.3. The summed E-state index contributed by atoms with van der Waals surface area (Å²) < 4.78 is 27.1. The van der Waals surface area contributed by atoms with Crippen LogP contribution in [-0.4, -0.2) is 18.4 Å². The standard InChI is InChI=1S/C14H12N4O2S/c15-12-5-6-16-9-14(12)21(19,20)18-11-7-10-3-1-2-4-13(10)17-8-11/h1-9,18H,(H2,15,16). The number of hydrogen-bond donors (Lipinski definition) is 2. The van der Waals surface area contributed by atoms with Gasteiger partial charge in [-0.3, -0.25) is 14.7 Å². The van der Waals surface area contributed by atoms with Crippen LogP contribution in [0.25, 0.3) is 10.9 Å². The molecule has 0 fully saturated rings. The molecule has 2 heterocycles. The van der Waals surface area contributed by atoms with Gasteiger partial charge in [0.15, 0.2) is 0 Å². The van der Waals surface area contributed by atoms with Gasteiger partial charge in [0, 0.05) is 17.8 Å². The van der Waals surface area contributed by atoms with Crippen molar-refractivity contribution in [3.8, 4) is 0 Å². The van der Waals surface area contributed by atoms with E-state index in [-0.39, 0.29) is 10.6 Å². The minimum atomic E-state index is -3.79. The molecule has 0 aliphatic heterocycles. The first-order valence-corrected chi connectivity index (χ1v) is 7.62. The molecule has 3 rings (SSSR count). The number of nitrogens with zero attached hydrogens (tertiary/aromatic N) is 2. The second-order valence-electron chi connectivity index (χ2n) is 4.44. The predicted molar refractivity (Wildman–Crippen MR) is 81.2 cm³/mol. The van der Waals surface area contributed by atoms with Crippen LogP contribution in [0.2, 0.25) is 0 Å². The largest absolute Gasteiger partial charge is 0.398 e. The van der Waals surface area contributed by atoms with E-state index in [1.807, 2.05) is 24.3 Å². The molecule has 0 amide bonds. The topological polar surface area (TPSA) is 98.0 Å². The van der Waals surface area contributed by atoms with Crippen molar-refractivity contribution < 1.29 is 8.42 Å². The molecule has 0 atom stereocenters. The zero-order valence-electron chi connectivity index (χ0n) is 10.9. The van der Waals surface area contributed by atoms with Crippen LogP contribution in [0.4, 0.5) is 11.4 Å². The second-order valence-corrected chi connectivity index (χ2v) is 6.09. The number of pyridine rings is 2. The summed E-state index contributed by atoms with van der Waals surface area (Å²) in [6, 6.07) is 10.6. The molecule has 0 saturated carbocycles. The van der Waals surface area contributed by atoms with Crippen LogP contribution < -0.4 is 10.5 Å². The van der Waals surface area contributed by atoms with Crippen molar-refractivity contribution in [3.63, 3.8) is 0 Å². The number of rotatable bonds is 3. The van der Waals surface area contributed by atoms with Gasteiger partial charge in [-0.25, -0.2) is 8.42 Å². The van der Waals surface area contributed by atoms with Gasteiger partial charge < -0.3 is 5.73 Å². The summed E-state index contributed by atoms with van der Waals surface area (Å²) in [6.45, 7) is 0. The van der Waals surface area contributed by atoms with E-state index in [1.54, 1.807) is 6.07 Å². The predicted octanol–water partition coefficient (Wildman–Crippen LogP) is 2.01. The minimum Gasteiger partial charge on any atom is -0.398 e. The van der Waals surface area contributed by atoms with E-state index >= 15 is 0 Å². The number of aromatic nitrogens is 2. The maximum atomic E-state index is 12.3. The molecule has 3 N–H and O–H groups in total. The summed E-state index contributed by atoms with van der Waals surface area (Å²) in [5.74, 6) is 0. The Morgan fingerprint density at radius 1 is 1.10 bits per heavy atom. The van der Waals surface area contributed by atoms with Gasteiger partial charge in [0.2, 0.25) is 0 Å². The van der Waals surface area contributed by atoms with Gasteiger partial charge in [0.1, 0.15) is 4.90 Å². The van der Waals surface area contributed by atoms with Crippen LogP contribution in [-0.2, 0) is 10.0 Å². The molecule has 0 saturated heterocycles. The van der Waals surface area contributed by atoms with Crippen LogP contribution in [0.5, 0.6) is 0 Å². The Hall–Kier alpha value is -2.67. The minimum absolute atomic E-state index is 0.0573. The number of anilines is 2. The number of nitrogen functional groups attached to an aromatic ring is 1. The van der Waals surface area contributed by atoms with Crippen molar-refractivity contribution >= 4 is 32.3 Å². The molecule has 0 aliphatic carbocycles. The van der Waals surface area contributed by atoms with Gasteiger partial charge in [-0.2, -0.15) is 0 Å². The second kappa shape index (κ2) is 5.02. The zero-order chi connectivity index (χ0) is 14.9. The summed E-state index contributed by atoms with van der Waals surface area (Å²) >= 11 is 0. The monoisotopic (exact) mass is 300 g/mol. The fraction of sp³-hybridized carbons (Fsp3) is 0. The lowest BCUT2D eigenvalue weighted by molar-refractivity contribution is 0.601. The molecule has 1 aromatic carbocycles. The molecule has 3 aromatic rings. The fourth-order valence-electron chi connectivity index (χ4n) is 1.95. The molecule has 0 aliphatic rings. The smallest absolute Gasteiger partial charge is 0.265 e. The van der Waals surface area contributed by atoms with E-state index in [2.05, 4.69) is 14.7 Å². The van der Waals surface area contributed by atoms with Gasteiger partial charge in [-0.1, -0.05) is 18.2 Å². The van der Waals surface area contributed by atoms with Crippen LogP contribution in [0.3, 0.4) is 0 Å². The number of nitrogens with one attached hydrogen (secondary N) is 1. The lowest BCUT2D eigenvalue weighted by Crippen LogP contribution is -2.15. The van der Waals surface area contributed by atoms with E-state index in [0.29, 0.717) is 5.69 Å². The van der Waals surface area contributed by atoms with Gasteiger partial charge in [-0.15, -0.1) is 0 Å². The maximum Gasteiger partial charge on any atom is 0.265 e. The van der Waals surface area contributed by atoms with Crippen molar-refractivity contribution in [3.05, 3.63) is 55.0 Å². The van der Waals surface area contributed by atoms with E-state index < -0.39 is 10.0 Å². The first-order chi connectivity index (χ1) is 10.1. The molecule has 2 aromatic heterocycles. The fourth-order valence-corrected chi connectivity index (χ4v) is 3.06. The van der Waals surface area contributed by atoms with Gasteiger partial charge in [0.25, 0.3) is 10.0 Å². The summed E-state index contributed by atoms with van der Waals surface area (Å²) in [5.41, 5.74) is 6.99. The molecule has 0 bridgehead atoms. The first-order valence-electron chi connectivity index (χ1n) is 6.13. The Kier molecular flexibility index (Phi) is 3.19. The normalized spacial score (nSPS) is 11.4. The summed E-state index contributed by atoms with van der Waals surface area (Å²) in [4.78, 5) is 7.94. The Bertz CT molecular complexity index is 910. The Morgan fingerprint density at radius 3 is 2.71 bits per heavy atom. The molecule has 6 nitrogen and oxygen atoms in total. The number of sulfonamides is 1. The Morgan fingerprint density at radius 2 is 1.90 bits per heavy atom. The molecule has 7 heteroatoms. The van der Waals surface area contributed by atoms with Crippen LogP contribution in [0.15, 0.2) is 59.9 Å². The van der Waals surface area contributed by atoms with Gasteiger partial charge in [-0.05, 0) is 18.2 Å². The third-order valence-corrected chi connectivity index (χ3v) is 4.37. The molecule has 0 spiro atoms. The number of benzene rings is 1. The molecular weight excluding hydrogens is 288 g/mol. The van der Waals surface area contributed by atoms with Crippen molar-refractivity contribution in [2.75, 3.05) is 10.5 Å². The third kappa shape index (κ3) is 2.63. The average molecular weight is 300 g/mol. The van der Waals surface area contributed by atoms with Crippen LogP contribution in [0.1, 0.15) is 0 Å². The zero-order valence-corrected chi connectivity index (χ0v) is 11.7. The molecule has 0 unspecified atom stereocenters. The van der Waals surface area contributed by atoms with E-state index in [1.165, 1.54) is 24.7 Å². The van der Waals surface area contributed by atoms with Crippen LogP contribution >= 0.6 is 0 Å². The van der Waals surface area contributed by atoms with Gasteiger partial charge in [0.05, 0.1) is 23.1 Å². The lowest BCUT2D eigenvalue weighted by atomic mass is 10.2. The molecular formula is C14H12N4O2S. The Labute approximate surface area is 121 Å². The highest BCUT2D eigenvalue weighted by Crippen LogP contribution is 2.22. The summed E-state index contributed by atoms with van der Waals surface area (Å²) in [7, 11) is -3.79. The number of hydrogen-bond acceptors (Lipinski definition) is 5. The summed E-state index contributed by atoms with van der Waals surface area (Å²) in [6.07, 6.45) is 4.12. The van der Waals surface area contributed by atoms with Crippen molar-refractivity contribution in [2.45, 2.75) is 4.90 Å². The highest BCUT2D eigenvalue weighted by molar-refractivity contribution is 7.92. The van der Waals surface area contributed by atoms with Crippen molar-refractivity contribution in [1.82, 2.24) is 9.97 Å². The van der Waals surface area contributed by atoms with Crippen LogP contribution in [0, 0.1) is 0 Å². The third-order valence-electron chi connectivity index (χ3n) is 2.95. The lowest BCUT2D eigenvalue weighted by Gasteiger charge is -2.09. The molecule has 21 heavy (non-hydrogen) atoms. The number of fused-ring (bicyclic) bond motifs is 1. The quantitative estimate of drug-likeness (QED) is 0.771. The highest BCUT2D eigenvalue weighted by atomic mass is 32.2. The maximum absolute atomic E-state index is 12.3. The molecule has 106 valence electrons. The van der Waals surface area contributed by atoms with E-state index in [4.69, 9.17) is 5.73 Å².